The van der Waals surface area contributed by atoms with E-state index in [-0.39, 0.29) is 28.4 Å². The summed E-state index contributed by atoms with van der Waals surface area (Å²) >= 11 is 6.83. The van der Waals surface area contributed by atoms with E-state index in [1.54, 1.807) is 19.1 Å². The van der Waals surface area contributed by atoms with Crippen LogP contribution in [0.1, 0.15) is 57.4 Å². The maximum Gasteiger partial charge on any atom is 0.312 e. The Morgan fingerprint density at radius 3 is 2.54 bits per heavy atom. The molecule has 7 heteroatoms. The van der Waals surface area contributed by atoms with E-state index in [0.717, 1.165) is 25.7 Å². The third kappa shape index (κ3) is 3.02. The van der Waals surface area contributed by atoms with E-state index in [2.05, 4.69) is 10.2 Å². The molecule has 4 fully saturated rings. The molecular weight excluding hydrogens is 383 g/mol. The molecule has 4 bridgehead atoms. The fourth-order valence-corrected chi connectivity index (χ4v) is 6.53. The molecule has 4 saturated carbocycles. The number of carbonyl (C=O) groups is 1. The molecule has 0 saturated heterocycles. The van der Waals surface area contributed by atoms with Crippen molar-refractivity contribution in [3.8, 4) is 11.5 Å². The average molecular weight is 405 g/mol. The van der Waals surface area contributed by atoms with Crippen LogP contribution in [0.3, 0.4) is 0 Å². The van der Waals surface area contributed by atoms with Gasteiger partial charge in [-0.15, -0.1) is 21.8 Å². The fraction of sp³-hybridized carbons (Fsp3) is 0.571. The number of aromatic nitrogens is 2. The van der Waals surface area contributed by atoms with Crippen molar-refractivity contribution in [1.82, 2.24) is 10.2 Å². The molecule has 5 atom stereocenters. The third-order valence-electron chi connectivity index (χ3n) is 6.59. The van der Waals surface area contributed by atoms with E-state index in [0.29, 0.717) is 23.8 Å². The number of carbonyl (C=O) groups excluding carboxylic acids is 1. The monoisotopic (exact) mass is 404 g/mol. The van der Waals surface area contributed by atoms with Crippen molar-refractivity contribution in [2.45, 2.75) is 56.4 Å². The normalized spacial score (nSPS) is 34.4. The zero-order valence-electron chi connectivity index (χ0n) is 15.7. The molecular formula is C21H22ClFN2O3. The van der Waals surface area contributed by atoms with Gasteiger partial charge in [0.2, 0.25) is 5.89 Å². The van der Waals surface area contributed by atoms with Crippen LogP contribution in [-0.2, 0) is 9.53 Å². The van der Waals surface area contributed by atoms with Crippen LogP contribution in [0.25, 0.3) is 11.5 Å². The lowest BCUT2D eigenvalue weighted by Gasteiger charge is -2.58. The van der Waals surface area contributed by atoms with Gasteiger partial charge in [0.25, 0.3) is 5.89 Å². The van der Waals surface area contributed by atoms with E-state index in [4.69, 9.17) is 20.8 Å². The highest BCUT2D eigenvalue weighted by molar-refractivity contribution is 6.24. The predicted molar refractivity (Wildman–Crippen MR) is 99.9 cm³/mol. The summed E-state index contributed by atoms with van der Waals surface area (Å²) in [5.74, 6) is 1.02. The second-order valence-corrected chi connectivity index (χ2v) is 9.69. The Morgan fingerprint density at radius 1 is 1.21 bits per heavy atom. The van der Waals surface area contributed by atoms with Gasteiger partial charge >= 0.3 is 5.97 Å². The number of hydrogen-bond acceptors (Lipinski definition) is 5. The summed E-state index contributed by atoms with van der Waals surface area (Å²) in [6.45, 7) is 1.73. The highest BCUT2D eigenvalue weighted by atomic mass is 35.5. The van der Waals surface area contributed by atoms with Crippen molar-refractivity contribution in [3.05, 3.63) is 36.0 Å². The van der Waals surface area contributed by atoms with Crippen LogP contribution < -0.4 is 0 Å². The van der Waals surface area contributed by atoms with E-state index < -0.39 is 11.5 Å². The largest absolute Gasteiger partial charge is 0.452 e. The Balaban J connectivity index is 1.31. The minimum absolute atomic E-state index is 0.194. The Bertz CT molecular complexity index is 899. The Kier molecular flexibility index (Phi) is 4.06. The number of ether oxygens (including phenoxy) is 1. The maximum absolute atomic E-state index is 13.1. The minimum atomic E-state index is -0.645. The fourth-order valence-electron chi connectivity index (χ4n) is 5.83. The van der Waals surface area contributed by atoms with Crippen molar-refractivity contribution < 1.29 is 18.3 Å². The van der Waals surface area contributed by atoms with Gasteiger partial charge in [0.15, 0.2) is 6.10 Å². The van der Waals surface area contributed by atoms with Crippen molar-refractivity contribution in [2.75, 3.05) is 0 Å². The molecule has 1 aromatic heterocycles. The van der Waals surface area contributed by atoms with Crippen LogP contribution >= 0.6 is 11.6 Å². The van der Waals surface area contributed by atoms with Crippen molar-refractivity contribution >= 4 is 17.6 Å². The molecule has 2 aromatic rings. The van der Waals surface area contributed by atoms with Gasteiger partial charge in [0, 0.05) is 10.4 Å². The van der Waals surface area contributed by atoms with Crippen molar-refractivity contribution in [2.24, 2.45) is 17.3 Å². The van der Waals surface area contributed by atoms with Gasteiger partial charge in [0.1, 0.15) is 5.82 Å². The number of hydrogen-bond donors (Lipinski definition) is 0. The quantitative estimate of drug-likeness (QED) is 0.526. The summed E-state index contributed by atoms with van der Waals surface area (Å²) < 4.78 is 24.5. The molecule has 4 aliphatic rings. The standard InChI is InChI=1S/C21H22ClFN2O3/c1-12(17-24-25-18(28-17)15-2-4-16(23)5-3-15)27-19(26)20-7-13-6-14(8-20)10-21(22,9-13)11-20/h2-5,12-14H,6-11H2,1H3/t12-,13-,14+,20?,21?/m0/s1. The van der Waals surface area contributed by atoms with Gasteiger partial charge in [-0.05, 0) is 81.5 Å². The third-order valence-corrected chi connectivity index (χ3v) is 7.03. The Labute approximate surface area is 167 Å². The van der Waals surface area contributed by atoms with Crippen LogP contribution in [0.2, 0.25) is 0 Å². The average Bonchev–Trinajstić information content (AvgIpc) is 3.10. The van der Waals surface area contributed by atoms with E-state index in [1.165, 1.54) is 18.6 Å². The first-order valence-corrected chi connectivity index (χ1v) is 10.2. The first-order chi connectivity index (χ1) is 13.3. The summed E-state index contributed by atoms with van der Waals surface area (Å²) in [4.78, 5) is 12.9. The minimum Gasteiger partial charge on any atom is -0.452 e. The number of esters is 1. The summed E-state index contributed by atoms with van der Waals surface area (Å²) in [6.07, 6.45) is 5.01. The van der Waals surface area contributed by atoms with Crippen LogP contribution in [0.5, 0.6) is 0 Å². The lowest BCUT2D eigenvalue weighted by atomic mass is 9.49. The van der Waals surface area contributed by atoms with Crippen LogP contribution in [0, 0.1) is 23.1 Å². The molecule has 4 aliphatic carbocycles. The summed E-state index contributed by atoms with van der Waals surface area (Å²) in [7, 11) is 0. The zero-order chi connectivity index (χ0) is 19.5. The first-order valence-electron chi connectivity index (χ1n) is 9.84. The van der Waals surface area contributed by atoms with Gasteiger partial charge in [-0.2, -0.15) is 0 Å². The molecule has 5 nitrogen and oxygen atoms in total. The second-order valence-electron chi connectivity index (χ2n) is 8.89. The Hall–Kier alpha value is -1.95. The van der Waals surface area contributed by atoms with Crippen LogP contribution in [0.4, 0.5) is 4.39 Å². The molecule has 0 amide bonds. The molecule has 28 heavy (non-hydrogen) atoms. The van der Waals surface area contributed by atoms with Crippen LogP contribution in [-0.4, -0.2) is 21.0 Å². The molecule has 6 rings (SSSR count). The highest BCUT2D eigenvalue weighted by Crippen LogP contribution is 2.64. The summed E-state index contributed by atoms with van der Waals surface area (Å²) in [5, 5.41) is 8.01. The van der Waals surface area contributed by atoms with Crippen molar-refractivity contribution in [3.63, 3.8) is 0 Å². The van der Waals surface area contributed by atoms with Crippen LogP contribution in [0.15, 0.2) is 28.7 Å². The van der Waals surface area contributed by atoms with Crippen molar-refractivity contribution in [1.29, 1.82) is 0 Å². The highest BCUT2D eigenvalue weighted by Gasteiger charge is 2.61. The number of benzene rings is 1. The topological polar surface area (TPSA) is 65.2 Å². The van der Waals surface area contributed by atoms with E-state index in [9.17, 15) is 9.18 Å². The molecule has 0 N–H and O–H groups in total. The van der Waals surface area contributed by atoms with E-state index in [1.807, 2.05) is 0 Å². The SMILES string of the molecule is C[C@H](OC(=O)C12C[C@@H]3C[C@@H](CC(Cl)(C3)C1)C2)c1nnc(-c2ccc(F)cc2)o1. The molecule has 148 valence electrons. The van der Waals surface area contributed by atoms with Gasteiger partial charge in [0.05, 0.1) is 5.41 Å². The number of rotatable bonds is 4. The zero-order valence-corrected chi connectivity index (χ0v) is 16.4. The lowest BCUT2D eigenvalue weighted by molar-refractivity contribution is -0.176. The lowest BCUT2D eigenvalue weighted by Crippen LogP contribution is -2.56. The molecule has 1 aromatic carbocycles. The summed E-state index contributed by atoms with van der Waals surface area (Å²) in [6, 6.07) is 5.80. The first kappa shape index (κ1) is 18.1. The number of alkyl halides is 1. The number of nitrogens with zero attached hydrogens (tertiary/aromatic N) is 2. The molecule has 1 heterocycles. The van der Waals surface area contributed by atoms with Gasteiger partial charge in [-0.1, -0.05) is 0 Å². The maximum atomic E-state index is 13.1. The van der Waals surface area contributed by atoms with Gasteiger partial charge in [-0.25, -0.2) is 4.39 Å². The smallest absolute Gasteiger partial charge is 0.312 e. The van der Waals surface area contributed by atoms with Gasteiger partial charge < -0.3 is 9.15 Å². The molecule has 2 unspecified atom stereocenters. The molecule has 0 spiro atoms. The van der Waals surface area contributed by atoms with Gasteiger partial charge in [-0.3, -0.25) is 4.79 Å². The predicted octanol–water partition coefficient (Wildman–Crippen LogP) is 5.06. The molecule has 0 radical (unpaired) electrons. The Morgan fingerprint density at radius 2 is 1.89 bits per heavy atom. The molecule has 0 aliphatic heterocycles. The van der Waals surface area contributed by atoms with E-state index >= 15 is 0 Å². The second kappa shape index (κ2) is 6.28. The summed E-state index contributed by atoms with van der Waals surface area (Å²) in [5.41, 5.74) is 0.142. The number of halogens is 2.